The summed E-state index contributed by atoms with van der Waals surface area (Å²) in [6.45, 7) is 0. The second-order valence-corrected chi connectivity index (χ2v) is 4.83. The highest BCUT2D eigenvalue weighted by Crippen LogP contribution is 2.21. The molecule has 2 N–H and O–H groups in total. The topological polar surface area (TPSA) is 79.3 Å². The molecule has 0 aliphatic heterocycles. The van der Waals surface area contributed by atoms with Crippen molar-refractivity contribution in [2.75, 3.05) is 5.32 Å². The Kier molecular flexibility index (Phi) is 4.90. The molecule has 1 aromatic carbocycles. The number of hydrogen-bond acceptors (Lipinski definition) is 4. The summed E-state index contributed by atoms with van der Waals surface area (Å²) in [5.74, 6) is -0.460. The zero-order valence-corrected chi connectivity index (χ0v) is 11.7. The van der Waals surface area contributed by atoms with Crippen molar-refractivity contribution < 1.29 is 14.7 Å². The van der Waals surface area contributed by atoms with E-state index in [9.17, 15) is 9.59 Å². The third kappa shape index (κ3) is 4.03. The van der Waals surface area contributed by atoms with Crippen molar-refractivity contribution in [3.8, 4) is 0 Å². The lowest BCUT2D eigenvalue weighted by Crippen LogP contribution is -2.16. The van der Waals surface area contributed by atoms with Gasteiger partial charge in [-0.3, -0.25) is 4.79 Å². The first-order chi connectivity index (χ1) is 10.1. The molecule has 2 aromatic rings. The standard InChI is InChI=1S/C15H13ClN2O3/c16-11-5-6-14(17-8-11)18-13(9-19)12-4-2-1-3-10(12)7-15(20)21/h1-6,8-9,13H,7H2,(H,17,18)(H,20,21). The maximum absolute atomic E-state index is 11.4. The molecule has 0 aliphatic rings. The van der Waals surface area contributed by atoms with E-state index in [4.69, 9.17) is 16.7 Å². The van der Waals surface area contributed by atoms with E-state index in [1.165, 1.54) is 6.20 Å². The molecule has 0 radical (unpaired) electrons. The summed E-state index contributed by atoms with van der Waals surface area (Å²) >= 11 is 5.76. The highest BCUT2D eigenvalue weighted by Gasteiger charge is 2.16. The van der Waals surface area contributed by atoms with E-state index in [2.05, 4.69) is 10.3 Å². The highest BCUT2D eigenvalue weighted by molar-refractivity contribution is 6.30. The maximum atomic E-state index is 11.4. The van der Waals surface area contributed by atoms with Gasteiger partial charge in [0.25, 0.3) is 0 Å². The molecule has 0 aliphatic carbocycles. The van der Waals surface area contributed by atoms with E-state index in [1.807, 2.05) is 0 Å². The molecular formula is C15H13ClN2O3. The fourth-order valence-electron chi connectivity index (χ4n) is 1.97. The van der Waals surface area contributed by atoms with Gasteiger partial charge >= 0.3 is 5.97 Å². The average Bonchev–Trinajstić information content (AvgIpc) is 2.47. The largest absolute Gasteiger partial charge is 0.481 e. The summed E-state index contributed by atoms with van der Waals surface area (Å²) in [7, 11) is 0. The van der Waals surface area contributed by atoms with Crippen molar-refractivity contribution in [1.82, 2.24) is 4.98 Å². The second-order valence-electron chi connectivity index (χ2n) is 4.39. The summed E-state index contributed by atoms with van der Waals surface area (Å²) in [5.41, 5.74) is 1.20. The minimum absolute atomic E-state index is 0.143. The Balaban J connectivity index is 2.26. The van der Waals surface area contributed by atoms with Gasteiger partial charge in [0, 0.05) is 6.20 Å². The van der Waals surface area contributed by atoms with E-state index in [-0.39, 0.29) is 6.42 Å². The van der Waals surface area contributed by atoms with Gasteiger partial charge in [-0.2, -0.15) is 0 Å². The summed E-state index contributed by atoms with van der Waals surface area (Å²) < 4.78 is 0. The van der Waals surface area contributed by atoms with Crippen LogP contribution >= 0.6 is 11.6 Å². The minimum atomic E-state index is -0.947. The third-order valence-electron chi connectivity index (χ3n) is 2.90. The van der Waals surface area contributed by atoms with Gasteiger partial charge in [-0.25, -0.2) is 4.98 Å². The van der Waals surface area contributed by atoms with Crippen molar-refractivity contribution in [3.63, 3.8) is 0 Å². The quantitative estimate of drug-likeness (QED) is 0.802. The third-order valence-corrected chi connectivity index (χ3v) is 3.12. The second kappa shape index (κ2) is 6.85. The molecule has 0 amide bonds. The fraction of sp³-hybridized carbons (Fsp3) is 0.133. The van der Waals surface area contributed by atoms with Crippen LogP contribution in [-0.4, -0.2) is 22.3 Å². The lowest BCUT2D eigenvalue weighted by Gasteiger charge is -2.16. The Morgan fingerprint density at radius 3 is 2.71 bits per heavy atom. The Bertz CT molecular complexity index is 644. The molecule has 108 valence electrons. The number of benzene rings is 1. The van der Waals surface area contributed by atoms with Crippen LogP contribution in [0.2, 0.25) is 5.02 Å². The predicted octanol–water partition coefficient (Wildman–Crippen LogP) is 2.71. The molecule has 0 fully saturated rings. The number of aldehydes is 1. The van der Waals surface area contributed by atoms with Crippen LogP contribution in [0.4, 0.5) is 5.82 Å². The van der Waals surface area contributed by atoms with Gasteiger partial charge < -0.3 is 15.2 Å². The van der Waals surface area contributed by atoms with Gasteiger partial charge in [-0.05, 0) is 23.3 Å². The van der Waals surface area contributed by atoms with E-state index < -0.39 is 12.0 Å². The van der Waals surface area contributed by atoms with Gasteiger partial charge in [-0.15, -0.1) is 0 Å². The molecule has 6 heteroatoms. The number of carbonyl (C=O) groups excluding carboxylic acids is 1. The first-order valence-electron chi connectivity index (χ1n) is 6.23. The van der Waals surface area contributed by atoms with Crippen LogP contribution in [0.15, 0.2) is 42.6 Å². The minimum Gasteiger partial charge on any atom is -0.481 e. The van der Waals surface area contributed by atoms with E-state index in [1.54, 1.807) is 36.4 Å². The Hall–Kier alpha value is -2.40. The molecular weight excluding hydrogens is 292 g/mol. The van der Waals surface area contributed by atoms with Crippen LogP contribution in [-0.2, 0) is 16.0 Å². The smallest absolute Gasteiger partial charge is 0.307 e. The average molecular weight is 305 g/mol. The summed E-state index contributed by atoms with van der Waals surface area (Å²) in [6.07, 6.45) is 2.04. The number of anilines is 1. The Morgan fingerprint density at radius 1 is 1.33 bits per heavy atom. The van der Waals surface area contributed by atoms with E-state index >= 15 is 0 Å². The number of aromatic nitrogens is 1. The molecule has 0 saturated heterocycles. The lowest BCUT2D eigenvalue weighted by molar-refractivity contribution is -0.136. The molecule has 0 spiro atoms. The molecule has 1 heterocycles. The summed E-state index contributed by atoms with van der Waals surface area (Å²) in [6, 6.07) is 9.55. The zero-order valence-electron chi connectivity index (χ0n) is 11.0. The zero-order chi connectivity index (χ0) is 15.2. The van der Waals surface area contributed by atoms with Crippen LogP contribution in [0.1, 0.15) is 17.2 Å². The van der Waals surface area contributed by atoms with Crippen LogP contribution < -0.4 is 5.32 Å². The number of rotatable bonds is 6. The van der Waals surface area contributed by atoms with Crippen LogP contribution in [0.25, 0.3) is 0 Å². The van der Waals surface area contributed by atoms with Crippen LogP contribution in [0, 0.1) is 0 Å². The monoisotopic (exact) mass is 304 g/mol. The van der Waals surface area contributed by atoms with Crippen molar-refractivity contribution >= 4 is 29.7 Å². The maximum Gasteiger partial charge on any atom is 0.307 e. The van der Waals surface area contributed by atoms with Crippen molar-refractivity contribution in [2.24, 2.45) is 0 Å². The van der Waals surface area contributed by atoms with Crippen molar-refractivity contribution in [2.45, 2.75) is 12.5 Å². The first-order valence-corrected chi connectivity index (χ1v) is 6.61. The number of nitrogens with zero attached hydrogens (tertiary/aromatic N) is 1. The molecule has 1 unspecified atom stereocenters. The summed E-state index contributed by atoms with van der Waals surface area (Å²) in [4.78, 5) is 26.3. The van der Waals surface area contributed by atoms with Crippen molar-refractivity contribution in [3.05, 3.63) is 58.7 Å². The number of halogens is 1. The number of pyridine rings is 1. The molecule has 2 rings (SSSR count). The van der Waals surface area contributed by atoms with Crippen LogP contribution in [0.5, 0.6) is 0 Å². The number of hydrogen-bond donors (Lipinski definition) is 2. The first kappa shape index (κ1) is 15.0. The fourth-order valence-corrected chi connectivity index (χ4v) is 2.08. The predicted molar refractivity (Wildman–Crippen MR) is 79.5 cm³/mol. The summed E-state index contributed by atoms with van der Waals surface area (Å²) in [5, 5.41) is 12.4. The van der Waals surface area contributed by atoms with Gasteiger partial charge in [0.05, 0.1) is 11.4 Å². The Labute approximate surface area is 126 Å². The number of carboxylic acid groups (broad SMARTS) is 1. The van der Waals surface area contributed by atoms with Gasteiger partial charge in [0.2, 0.25) is 0 Å². The SMILES string of the molecule is O=CC(Nc1ccc(Cl)cn1)c1ccccc1CC(=O)O. The van der Waals surface area contributed by atoms with E-state index in [0.29, 0.717) is 22.0 Å². The number of carbonyl (C=O) groups is 2. The Morgan fingerprint density at radius 2 is 2.10 bits per heavy atom. The molecule has 5 nitrogen and oxygen atoms in total. The van der Waals surface area contributed by atoms with Gasteiger partial charge in [0.1, 0.15) is 18.1 Å². The lowest BCUT2D eigenvalue weighted by atomic mass is 9.99. The number of aliphatic carboxylic acids is 1. The van der Waals surface area contributed by atoms with Gasteiger partial charge in [0.15, 0.2) is 0 Å². The number of carboxylic acids is 1. The molecule has 21 heavy (non-hydrogen) atoms. The highest BCUT2D eigenvalue weighted by atomic mass is 35.5. The van der Waals surface area contributed by atoms with Crippen molar-refractivity contribution in [1.29, 1.82) is 0 Å². The molecule has 1 atom stereocenters. The molecule has 0 bridgehead atoms. The number of nitrogens with one attached hydrogen (secondary N) is 1. The molecule has 0 saturated carbocycles. The van der Waals surface area contributed by atoms with Gasteiger partial charge in [-0.1, -0.05) is 35.9 Å². The normalized spacial score (nSPS) is 11.7. The molecule has 1 aromatic heterocycles. The van der Waals surface area contributed by atoms with Crippen LogP contribution in [0.3, 0.4) is 0 Å². The van der Waals surface area contributed by atoms with E-state index in [0.717, 1.165) is 6.29 Å².